The van der Waals surface area contributed by atoms with E-state index < -0.39 is 9.84 Å². The van der Waals surface area contributed by atoms with Gasteiger partial charge in [-0.15, -0.1) is 0 Å². The Bertz CT molecular complexity index is 533. The minimum Gasteiger partial charge on any atom is -0.393 e. The van der Waals surface area contributed by atoms with Crippen LogP contribution in [-0.2, 0) is 9.84 Å². The number of aromatic nitrogens is 1. The SMILES string of the molecule is CCCS(=O)(=O)c1c(N)nsc1N1CCC(O)CC1. The maximum Gasteiger partial charge on any atom is 0.185 e. The molecule has 1 aromatic rings. The Labute approximate surface area is 117 Å². The van der Waals surface area contributed by atoms with Crippen LogP contribution in [0.2, 0.25) is 0 Å². The first-order valence-electron chi connectivity index (χ1n) is 6.36. The Balaban J connectivity index is 2.33. The van der Waals surface area contributed by atoms with Gasteiger partial charge >= 0.3 is 0 Å². The number of piperidine rings is 1. The lowest BCUT2D eigenvalue weighted by atomic mass is 10.1. The van der Waals surface area contributed by atoms with E-state index >= 15 is 0 Å². The number of nitrogens with zero attached hydrogens (tertiary/aromatic N) is 2. The highest BCUT2D eigenvalue weighted by Crippen LogP contribution is 2.36. The highest BCUT2D eigenvalue weighted by Gasteiger charge is 2.29. The summed E-state index contributed by atoms with van der Waals surface area (Å²) >= 11 is 1.13. The lowest BCUT2D eigenvalue weighted by molar-refractivity contribution is 0.145. The molecule has 8 heteroatoms. The number of sulfone groups is 1. The normalized spacial score (nSPS) is 17.9. The van der Waals surface area contributed by atoms with Crippen molar-refractivity contribution in [1.82, 2.24) is 4.37 Å². The predicted molar refractivity (Wildman–Crippen MR) is 76.3 cm³/mol. The van der Waals surface area contributed by atoms with Crippen molar-refractivity contribution < 1.29 is 13.5 Å². The van der Waals surface area contributed by atoms with Crippen molar-refractivity contribution in [2.24, 2.45) is 0 Å². The maximum atomic E-state index is 12.3. The summed E-state index contributed by atoms with van der Waals surface area (Å²) in [6, 6.07) is 0. The summed E-state index contributed by atoms with van der Waals surface area (Å²) < 4.78 is 28.5. The minimum absolute atomic E-state index is 0.0824. The number of anilines is 2. The highest BCUT2D eigenvalue weighted by atomic mass is 32.2. The zero-order chi connectivity index (χ0) is 14.0. The molecular formula is C11H19N3O3S2. The molecule has 0 amide bonds. The predicted octanol–water partition coefficient (Wildman–Crippen LogP) is 0.870. The molecule has 2 rings (SSSR count). The Hall–Kier alpha value is -0.860. The number of nitrogen functional groups attached to an aromatic ring is 1. The van der Waals surface area contributed by atoms with Gasteiger partial charge in [0.1, 0.15) is 9.90 Å². The summed E-state index contributed by atoms with van der Waals surface area (Å²) in [7, 11) is -3.37. The van der Waals surface area contributed by atoms with Crippen LogP contribution in [0.4, 0.5) is 10.8 Å². The number of aliphatic hydroxyl groups excluding tert-OH is 1. The van der Waals surface area contributed by atoms with Crippen molar-refractivity contribution in [1.29, 1.82) is 0 Å². The number of aliphatic hydroxyl groups is 1. The second-order valence-corrected chi connectivity index (χ2v) is 7.54. The van der Waals surface area contributed by atoms with E-state index in [-0.39, 0.29) is 22.6 Å². The van der Waals surface area contributed by atoms with Crippen LogP contribution < -0.4 is 10.6 Å². The summed E-state index contributed by atoms with van der Waals surface area (Å²) in [5, 5.41) is 10.1. The molecule has 1 aliphatic heterocycles. The van der Waals surface area contributed by atoms with Crippen LogP contribution in [0.1, 0.15) is 26.2 Å². The van der Waals surface area contributed by atoms with Gasteiger partial charge in [0.15, 0.2) is 15.7 Å². The van der Waals surface area contributed by atoms with Crippen LogP contribution in [0, 0.1) is 0 Å². The van der Waals surface area contributed by atoms with E-state index in [1.807, 2.05) is 11.8 Å². The van der Waals surface area contributed by atoms with Crippen LogP contribution in [0.15, 0.2) is 4.90 Å². The van der Waals surface area contributed by atoms with Crippen LogP contribution in [0.25, 0.3) is 0 Å². The molecule has 1 aromatic heterocycles. The van der Waals surface area contributed by atoms with Crippen molar-refractivity contribution in [3.63, 3.8) is 0 Å². The molecular weight excluding hydrogens is 286 g/mol. The van der Waals surface area contributed by atoms with Crippen molar-refractivity contribution in [3.05, 3.63) is 0 Å². The van der Waals surface area contributed by atoms with Crippen LogP contribution in [0.5, 0.6) is 0 Å². The van der Waals surface area contributed by atoms with Gasteiger partial charge in [0, 0.05) is 13.1 Å². The first-order chi connectivity index (χ1) is 8.95. The van der Waals surface area contributed by atoms with Crippen LogP contribution >= 0.6 is 11.5 Å². The largest absolute Gasteiger partial charge is 0.393 e. The van der Waals surface area contributed by atoms with Crippen LogP contribution in [-0.4, -0.2) is 42.8 Å². The molecule has 0 unspecified atom stereocenters. The summed E-state index contributed by atoms with van der Waals surface area (Å²) in [5.41, 5.74) is 5.74. The molecule has 1 saturated heterocycles. The summed E-state index contributed by atoms with van der Waals surface area (Å²) in [6.07, 6.45) is 1.54. The molecule has 0 saturated carbocycles. The van der Waals surface area contributed by atoms with Crippen molar-refractivity contribution in [2.45, 2.75) is 37.2 Å². The molecule has 1 aliphatic rings. The third kappa shape index (κ3) is 3.01. The quantitative estimate of drug-likeness (QED) is 0.857. The molecule has 2 heterocycles. The van der Waals surface area contributed by atoms with Gasteiger partial charge in [0.05, 0.1) is 11.9 Å². The standard InChI is InChI=1S/C11H19N3O3S2/c1-2-7-19(16,17)9-10(12)13-18-11(9)14-5-3-8(15)4-6-14/h8,15H,2-7H2,1H3,(H2,12,13). The molecule has 6 nitrogen and oxygen atoms in total. The third-order valence-electron chi connectivity index (χ3n) is 3.19. The highest BCUT2D eigenvalue weighted by molar-refractivity contribution is 7.91. The maximum absolute atomic E-state index is 12.3. The molecule has 19 heavy (non-hydrogen) atoms. The topological polar surface area (TPSA) is 96.5 Å². The van der Waals surface area contributed by atoms with E-state index in [4.69, 9.17) is 5.73 Å². The summed E-state index contributed by atoms with van der Waals surface area (Å²) in [5.74, 6) is 0.179. The zero-order valence-electron chi connectivity index (χ0n) is 10.9. The smallest absolute Gasteiger partial charge is 0.185 e. The zero-order valence-corrected chi connectivity index (χ0v) is 12.5. The van der Waals surface area contributed by atoms with E-state index in [1.165, 1.54) is 0 Å². The molecule has 0 spiro atoms. The fraction of sp³-hybridized carbons (Fsp3) is 0.727. The van der Waals surface area contributed by atoms with E-state index in [0.717, 1.165) is 11.5 Å². The molecule has 0 aliphatic carbocycles. The lowest BCUT2D eigenvalue weighted by Gasteiger charge is -2.30. The van der Waals surface area contributed by atoms with Gasteiger partial charge in [-0.2, -0.15) is 4.37 Å². The minimum atomic E-state index is -3.37. The van der Waals surface area contributed by atoms with Gasteiger partial charge in [-0.1, -0.05) is 6.92 Å². The molecule has 0 atom stereocenters. The average Bonchev–Trinajstić information content (AvgIpc) is 2.73. The molecule has 0 aromatic carbocycles. The Morgan fingerprint density at radius 2 is 2.11 bits per heavy atom. The lowest BCUT2D eigenvalue weighted by Crippen LogP contribution is -2.36. The van der Waals surface area contributed by atoms with Gasteiger partial charge in [-0.05, 0) is 30.8 Å². The number of hydrogen-bond donors (Lipinski definition) is 2. The number of hydrogen-bond acceptors (Lipinski definition) is 7. The van der Waals surface area contributed by atoms with Crippen molar-refractivity contribution in [3.8, 4) is 0 Å². The van der Waals surface area contributed by atoms with Gasteiger partial charge in [-0.3, -0.25) is 0 Å². The Morgan fingerprint density at radius 1 is 1.47 bits per heavy atom. The third-order valence-corrected chi connectivity index (χ3v) is 6.22. The molecule has 3 N–H and O–H groups in total. The van der Waals surface area contributed by atoms with E-state index in [0.29, 0.717) is 37.4 Å². The van der Waals surface area contributed by atoms with E-state index in [2.05, 4.69) is 4.37 Å². The fourth-order valence-corrected chi connectivity index (χ4v) is 5.03. The number of nitrogens with two attached hydrogens (primary N) is 1. The molecule has 0 radical (unpaired) electrons. The second-order valence-electron chi connectivity index (χ2n) is 4.74. The molecule has 108 valence electrons. The van der Waals surface area contributed by atoms with E-state index in [9.17, 15) is 13.5 Å². The van der Waals surface area contributed by atoms with Gasteiger partial charge in [0.25, 0.3) is 0 Å². The van der Waals surface area contributed by atoms with Crippen molar-refractivity contribution >= 4 is 32.2 Å². The summed E-state index contributed by atoms with van der Waals surface area (Å²) in [6.45, 7) is 3.10. The molecule has 0 bridgehead atoms. The second kappa shape index (κ2) is 5.64. The number of rotatable bonds is 4. The van der Waals surface area contributed by atoms with Gasteiger partial charge < -0.3 is 15.7 Å². The van der Waals surface area contributed by atoms with Crippen LogP contribution in [0.3, 0.4) is 0 Å². The summed E-state index contributed by atoms with van der Waals surface area (Å²) in [4.78, 5) is 2.14. The first-order valence-corrected chi connectivity index (χ1v) is 8.79. The monoisotopic (exact) mass is 305 g/mol. The van der Waals surface area contributed by atoms with Gasteiger partial charge in [0.2, 0.25) is 0 Å². The first kappa shape index (κ1) is 14.5. The Morgan fingerprint density at radius 3 is 2.68 bits per heavy atom. The fourth-order valence-electron chi connectivity index (χ4n) is 2.22. The van der Waals surface area contributed by atoms with Crippen molar-refractivity contribution in [2.75, 3.05) is 29.5 Å². The average molecular weight is 305 g/mol. The Kier molecular flexibility index (Phi) is 4.32. The molecule has 1 fully saturated rings. The van der Waals surface area contributed by atoms with Gasteiger partial charge in [-0.25, -0.2) is 8.42 Å². The van der Waals surface area contributed by atoms with E-state index in [1.54, 1.807) is 0 Å².